The van der Waals surface area contributed by atoms with E-state index >= 15 is 0 Å². The number of ether oxygens (including phenoxy) is 1. The molecule has 0 radical (unpaired) electrons. The van der Waals surface area contributed by atoms with Crippen LogP contribution in [0.5, 0.6) is 0 Å². The van der Waals surface area contributed by atoms with Crippen molar-refractivity contribution in [2.24, 2.45) is 11.1 Å². The summed E-state index contributed by atoms with van der Waals surface area (Å²) in [6, 6.07) is 0. The summed E-state index contributed by atoms with van der Waals surface area (Å²) < 4.78 is 4.98. The molecule has 0 aromatic carbocycles. The van der Waals surface area contributed by atoms with E-state index in [1.165, 1.54) is 0 Å². The lowest BCUT2D eigenvalue weighted by molar-refractivity contribution is -0.147. The van der Waals surface area contributed by atoms with Gasteiger partial charge in [-0.1, -0.05) is 12.2 Å². The van der Waals surface area contributed by atoms with Gasteiger partial charge in [0.1, 0.15) is 0 Å². The molecule has 0 heterocycles. The normalized spacial score (nSPS) is 18.9. The Labute approximate surface area is 78.9 Å². The molecule has 0 amide bonds. The van der Waals surface area contributed by atoms with Crippen molar-refractivity contribution in [3.63, 3.8) is 0 Å². The third kappa shape index (κ3) is 2.56. The lowest BCUT2D eigenvalue weighted by Gasteiger charge is -2.07. The molecule has 0 aromatic heterocycles. The first-order valence-corrected chi connectivity index (χ1v) is 4.80. The molecular formula is C10H17NO2. The third-order valence-corrected chi connectivity index (χ3v) is 2.24. The molecular weight excluding hydrogens is 166 g/mol. The minimum atomic E-state index is -0.287. The number of rotatable bonds is 5. The van der Waals surface area contributed by atoms with Gasteiger partial charge < -0.3 is 10.5 Å². The number of hydrogen-bond donors (Lipinski definition) is 1. The highest BCUT2D eigenvalue weighted by Gasteiger charge is 2.48. The molecule has 1 saturated carbocycles. The van der Waals surface area contributed by atoms with Gasteiger partial charge in [0.2, 0.25) is 0 Å². The predicted molar refractivity (Wildman–Crippen MR) is 51.1 cm³/mol. The van der Waals surface area contributed by atoms with Gasteiger partial charge in [0, 0.05) is 0 Å². The van der Waals surface area contributed by atoms with Crippen molar-refractivity contribution < 1.29 is 9.53 Å². The van der Waals surface area contributed by atoms with Gasteiger partial charge in [0.05, 0.1) is 12.0 Å². The standard InChI is InChI=1S/C10H17NO2/c1-2-13-9(12)10(6-7-10)5-3-4-8-11/h3,5H,2,4,6-8,11H2,1H3/b5-3+. The summed E-state index contributed by atoms with van der Waals surface area (Å²) in [6.07, 6.45) is 6.61. The average Bonchev–Trinajstić information content (AvgIpc) is 2.87. The van der Waals surface area contributed by atoms with Crippen LogP contribution in [0.3, 0.4) is 0 Å². The molecule has 1 rings (SSSR count). The topological polar surface area (TPSA) is 52.3 Å². The van der Waals surface area contributed by atoms with Crippen LogP contribution in [0.25, 0.3) is 0 Å². The van der Waals surface area contributed by atoms with Crippen molar-refractivity contribution in [3.05, 3.63) is 12.2 Å². The quantitative estimate of drug-likeness (QED) is 0.515. The highest BCUT2D eigenvalue weighted by Crippen LogP contribution is 2.48. The maximum atomic E-state index is 11.4. The van der Waals surface area contributed by atoms with Gasteiger partial charge in [-0.3, -0.25) is 4.79 Å². The van der Waals surface area contributed by atoms with E-state index in [-0.39, 0.29) is 11.4 Å². The van der Waals surface area contributed by atoms with Crippen molar-refractivity contribution >= 4 is 5.97 Å². The Morgan fingerprint density at radius 3 is 2.77 bits per heavy atom. The van der Waals surface area contributed by atoms with Gasteiger partial charge >= 0.3 is 5.97 Å². The van der Waals surface area contributed by atoms with E-state index in [0.29, 0.717) is 13.2 Å². The molecule has 0 unspecified atom stereocenters. The van der Waals surface area contributed by atoms with Crippen LogP contribution < -0.4 is 5.73 Å². The van der Waals surface area contributed by atoms with Crippen LogP contribution in [0.15, 0.2) is 12.2 Å². The van der Waals surface area contributed by atoms with Crippen LogP contribution in [0.2, 0.25) is 0 Å². The number of esters is 1. The first-order chi connectivity index (χ1) is 6.25. The van der Waals surface area contributed by atoms with Crippen molar-refractivity contribution in [1.29, 1.82) is 0 Å². The number of hydrogen-bond acceptors (Lipinski definition) is 3. The molecule has 0 aromatic rings. The Bertz CT molecular complexity index is 207. The Hall–Kier alpha value is -0.830. The molecule has 1 fully saturated rings. The summed E-state index contributed by atoms with van der Waals surface area (Å²) in [5.74, 6) is -0.0803. The fraction of sp³-hybridized carbons (Fsp3) is 0.700. The van der Waals surface area contributed by atoms with E-state index in [1.807, 2.05) is 19.1 Å². The Balaban J connectivity index is 2.42. The number of nitrogens with two attached hydrogens (primary N) is 1. The zero-order chi connectivity index (χ0) is 9.73. The Kier molecular flexibility index (Phi) is 3.48. The molecule has 3 nitrogen and oxygen atoms in total. The SMILES string of the molecule is CCOC(=O)C1(/C=C/CCN)CC1. The molecule has 0 atom stereocenters. The highest BCUT2D eigenvalue weighted by atomic mass is 16.5. The van der Waals surface area contributed by atoms with Crippen LogP contribution in [-0.4, -0.2) is 19.1 Å². The number of carbonyl (C=O) groups excluding carboxylic acids is 1. The molecule has 74 valence electrons. The van der Waals surface area contributed by atoms with E-state index in [0.717, 1.165) is 19.3 Å². The first kappa shape index (κ1) is 10.3. The third-order valence-electron chi connectivity index (χ3n) is 2.24. The van der Waals surface area contributed by atoms with Crippen molar-refractivity contribution in [2.45, 2.75) is 26.2 Å². The largest absolute Gasteiger partial charge is 0.465 e. The first-order valence-electron chi connectivity index (χ1n) is 4.80. The van der Waals surface area contributed by atoms with Crippen LogP contribution in [-0.2, 0) is 9.53 Å². The zero-order valence-corrected chi connectivity index (χ0v) is 8.08. The zero-order valence-electron chi connectivity index (χ0n) is 8.08. The van der Waals surface area contributed by atoms with Crippen LogP contribution in [0.1, 0.15) is 26.2 Å². The smallest absolute Gasteiger partial charge is 0.315 e. The second kappa shape index (κ2) is 4.42. The highest BCUT2D eigenvalue weighted by molar-refractivity contribution is 5.82. The van der Waals surface area contributed by atoms with Gasteiger partial charge in [-0.15, -0.1) is 0 Å². The van der Waals surface area contributed by atoms with Crippen molar-refractivity contribution in [2.75, 3.05) is 13.2 Å². The van der Waals surface area contributed by atoms with Crippen LogP contribution in [0.4, 0.5) is 0 Å². The van der Waals surface area contributed by atoms with Gasteiger partial charge in [-0.2, -0.15) is 0 Å². The Morgan fingerprint density at radius 2 is 2.31 bits per heavy atom. The fourth-order valence-corrected chi connectivity index (χ4v) is 1.25. The molecule has 0 bridgehead atoms. The summed E-state index contributed by atoms with van der Waals surface area (Å²) >= 11 is 0. The maximum Gasteiger partial charge on any atom is 0.315 e. The van der Waals surface area contributed by atoms with Gasteiger partial charge in [0.15, 0.2) is 0 Å². The van der Waals surface area contributed by atoms with Crippen LogP contribution >= 0.6 is 0 Å². The van der Waals surface area contributed by atoms with E-state index in [4.69, 9.17) is 10.5 Å². The number of carbonyl (C=O) groups is 1. The Morgan fingerprint density at radius 1 is 1.62 bits per heavy atom. The minimum absolute atomic E-state index is 0.0803. The molecule has 3 heteroatoms. The van der Waals surface area contributed by atoms with Gasteiger partial charge in [-0.25, -0.2) is 0 Å². The molecule has 13 heavy (non-hydrogen) atoms. The molecule has 1 aliphatic rings. The molecule has 1 aliphatic carbocycles. The summed E-state index contributed by atoms with van der Waals surface area (Å²) in [7, 11) is 0. The van der Waals surface area contributed by atoms with E-state index in [1.54, 1.807) is 0 Å². The molecule has 0 saturated heterocycles. The summed E-state index contributed by atoms with van der Waals surface area (Å²) in [4.78, 5) is 11.4. The molecule has 0 aliphatic heterocycles. The maximum absolute atomic E-state index is 11.4. The second-order valence-electron chi connectivity index (χ2n) is 3.36. The average molecular weight is 183 g/mol. The molecule has 0 spiro atoms. The van der Waals surface area contributed by atoms with Gasteiger partial charge in [-0.05, 0) is 32.7 Å². The van der Waals surface area contributed by atoms with Crippen LogP contribution in [0, 0.1) is 5.41 Å². The lowest BCUT2D eigenvalue weighted by Crippen LogP contribution is -2.16. The van der Waals surface area contributed by atoms with Crippen molar-refractivity contribution in [3.8, 4) is 0 Å². The van der Waals surface area contributed by atoms with E-state index < -0.39 is 0 Å². The van der Waals surface area contributed by atoms with E-state index in [2.05, 4.69) is 0 Å². The predicted octanol–water partition coefficient (Wildman–Crippen LogP) is 1.23. The monoisotopic (exact) mass is 183 g/mol. The van der Waals surface area contributed by atoms with Gasteiger partial charge in [0.25, 0.3) is 0 Å². The second-order valence-corrected chi connectivity index (χ2v) is 3.36. The van der Waals surface area contributed by atoms with Crippen molar-refractivity contribution in [1.82, 2.24) is 0 Å². The lowest BCUT2D eigenvalue weighted by atomic mass is 10.1. The summed E-state index contributed by atoms with van der Waals surface area (Å²) in [6.45, 7) is 2.93. The minimum Gasteiger partial charge on any atom is -0.465 e. The fourth-order valence-electron chi connectivity index (χ4n) is 1.25. The summed E-state index contributed by atoms with van der Waals surface area (Å²) in [5, 5.41) is 0. The van der Waals surface area contributed by atoms with E-state index in [9.17, 15) is 4.79 Å². The summed E-state index contributed by atoms with van der Waals surface area (Å²) in [5.41, 5.74) is 5.06. The molecule has 2 N–H and O–H groups in total.